The van der Waals surface area contributed by atoms with Crippen LogP contribution in [0.5, 0.6) is 0 Å². The number of hydrogen-bond donors (Lipinski definition) is 0. The van der Waals surface area contributed by atoms with E-state index in [9.17, 15) is 0 Å². The minimum Gasteiger partial charge on any atom is -0.373 e. The first-order chi connectivity index (χ1) is 5.81. The normalized spacial score (nSPS) is 21.3. The third-order valence-corrected chi connectivity index (χ3v) is 2.68. The van der Waals surface area contributed by atoms with Gasteiger partial charge in [-0.05, 0) is 22.9 Å². The van der Waals surface area contributed by atoms with E-state index in [2.05, 4.69) is 28.0 Å². The Labute approximate surface area is 79.8 Å². The van der Waals surface area contributed by atoms with Crippen LogP contribution in [0.25, 0.3) is 0 Å². The van der Waals surface area contributed by atoms with Crippen LogP contribution in [0, 0.1) is 0 Å². The molecule has 12 heavy (non-hydrogen) atoms. The van der Waals surface area contributed by atoms with Crippen molar-refractivity contribution in [2.24, 2.45) is 0 Å². The van der Waals surface area contributed by atoms with Crippen molar-refractivity contribution in [2.75, 3.05) is 6.61 Å². The van der Waals surface area contributed by atoms with E-state index >= 15 is 0 Å². The maximum atomic E-state index is 5.17. The molecule has 1 saturated heterocycles. The summed E-state index contributed by atoms with van der Waals surface area (Å²) < 4.78 is 8.28. The molecule has 1 atom stereocenters. The molecule has 0 radical (unpaired) electrons. The lowest BCUT2D eigenvalue weighted by Crippen LogP contribution is -2.05. The van der Waals surface area contributed by atoms with Crippen LogP contribution in [-0.2, 0) is 17.7 Å². The standard InChI is InChI=1S/C8H11BrN2O/c1-2-11-8(3-6-5-12-6)7(9)4-10-11/h4,6H,2-3,5H2,1H3. The molecule has 1 aromatic rings. The van der Waals surface area contributed by atoms with Gasteiger partial charge in [-0.25, -0.2) is 0 Å². The Bertz CT molecular complexity index is 281. The quantitative estimate of drug-likeness (QED) is 0.739. The van der Waals surface area contributed by atoms with Crippen LogP contribution in [0.15, 0.2) is 10.7 Å². The summed E-state index contributed by atoms with van der Waals surface area (Å²) in [7, 11) is 0. The van der Waals surface area contributed by atoms with Crippen LogP contribution in [0.1, 0.15) is 12.6 Å². The molecule has 1 aliphatic rings. The van der Waals surface area contributed by atoms with Crippen LogP contribution in [0.4, 0.5) is 0 Å². The molecule has 66 valence electrons. The van der Waals surface area contributed by atoms with Crippen LogP contribution in [0.3, 0.4) is 0 Å². The first kappa shape index (κ1) is 8.26. The van der Waals surface area contributed by atoms with Gasteiger partial charge in [0.25, 0.3) is 0 Å². The third kappa shape index (κ3) is 1.54. The number of nitrogens with zero attached hydrogens (tertiary/aromatic N) is 2. The Hall–Kier alpha value is -0.350. The summed E-state index contributed by atoms with van der Waals surface area (Å²) in [6.45, 7) is 3.92. The minimum absolute atomic E-state index is 0.434. The molecule has 1 unspecified atom stereocenters. The SMILES string of the molecule is CCn1ncc(Br)c1CC1CO1. The predicted molar refractivity (Wildman–Crippen MR) is 49.0 cm³/mol. The van der Waals surface area contributed by atoms with Gasteiger partial charge in [0.05, 0.1) is 29.1 Å². The highest BCUT2D eigenvalue weighted by atomic mass is 79.9. The van der Waals surface area contributed by atoms with Gasteiger partial charge in [0.2, 0.25) is 0 Å². The van der Waals surface area contributed by atoms with Gasteiger partial charge in [-0.15, -0.1) is 0 Å². The fourth-order valence-corrected chi connectivity index (χ4v) is 1.72. The molecule has 2 rings (SSSR count). The zero-order chi connectivity index (χ0) is 8.55. The van der Waals surface area contributed by atoms with Gasteiger partial charge in [-0.1, -0.05) is 0 Å². The van der Waals surface area contributed by atoms with Gasteiger partial charge in [0.1, 0.15) is 0 Å². The van der Waals surface area contributed by atoms with Crippen LogP contribution < -0.4 is 0 Å². The van der Waals surface area contributed by atoms with Crippen molar-refractivity contribution in [3.63, 3.8) is 0 Å². The summed E-state index contributed by atoms with van der Waals surface area (Å²) in [6, 6.07) is 0. The lowest BCUT2D eigenvalue weighted by Gasteiger charge is -2.02. The van der Waals surface area contributed by atoms with E-state index in [-0.39, 0.29) is 0 Å². The lowest BCUT2D eigenvalue weighted by molar-refractivity contribution is 0.401. The maximum Gasteiger partial charge on any atom is 0.0865 e. The van der Waals surface area contributed by atoms with Gasteiger partial charge < -0.3 is 4.74 Å². The summed E-state index contributed by atoms with van der Waals surface area (Å²) >= 11 is 3.48. The van der Waals surface area contributed by atoms with Crippen molar-refractivity contribution in [1.82, 2.24) is 9.78 Å². The van der Waals surface area contributed by atoms with Crippen molar-refractivity contribution in [2.45, 2.75) is 26.0 Å². The van der Waals surface area contributed by atoms with Gasteiger partial charge in [0, 0.05) is 13.0 Å². The van der Waals surface area contributed by atoms with E-state index in [1.54, 1.807) is 0 Å². The lowest BCUT2D eigenvalue weighted by atomic mass is 10.2. The molecule has 0 amide bonds. The smallest absolute Gasteiger partial charge is 0.0865 e. The van der Waals surface area contributed by atoms with Gasteiger partial charge in [0.15, 0.2) is 0 Å². The molecule has 0 aromatic carbocycles. The summed E-state index contributed by atoms with van der Waals surface area (Å²) in [5.74, 6) is 0. The Morgan fingerprint density at radius 3 is 3.17 bits per heavy atom. The molecule has 0 saturated carbocycles. The molecular weight excluding hydrogens is 220 g/mol. The Balaban J connectivity index is 2.18. The summed E-state index contributed by atoms with van der Waals surface area (Å²) in [5, 5.41) is 4.23. The Kier molecular flexibility index (Phi) is 2.19. The highest BCUT2D eigenvalue weighted by Crippen LogP contribution is 2.22. The average molecular weight is 231 g/mol. The second-order valence-corrected chi connectivity index (χ2v) is 3.77. The van der Waals surface area contributed by atoms with Gasteiger partial charge in [-0.2, -0.15) is 5.10 Å². The largest absolute Gasteiger partial charge is 0.373 e. The fourth-order valence-electron chi connectivity index (χ4n) is 1.26. The molecule has 0 N–H and O–H groups in total. The molecule has 4 heteroatoms. The molecule has 0 bridgehead atoms. The monoisotopic (exact) mass is 230 g/mol. The van der Waals surface area contributed by atoms with E-state index in [0.717, 1.165) is 24.0 Å². The number of aryl methyl sites for hydroxylation is 1. The number of hydrogen-bond acceptors (Lipinski definition) is 2. The van der Waals surface area contributed by atoms with Crippen molar-refractivity contribution in [3.8, 4) is 0 Å². The Morgan fingerprint density at radius 1 is 1.83 bits per heavy atom. The summed E-state index contributed by atoms with van der Waals surface area (Å²) in [5.41, 5.74) is 1.25. The highest BCUT2D eigenvalue weighted by Gasteiger charge is 2.25. The number of aromatic nitrogens is 2. The number of epoxide rings is 1. The first-order valence-electron chi connectivity index (χ1n) is 4.13. The predicted octanol–water partition coefficient (Wildman–Crippen LogP) is 1.61. The van der Waals surface area contributed by atoms with E-state index in [1.807, 2.05) is 10.9 Å². The van der Waals surface area contributed by atoms with Crippen LogP contribution in [-0.4, -0.2) is 22.5 Å². The maximum absolute atomic E-state index is 5.17. The Morgan fingerprint density at radius 2 is 2.58 bits per heavy atom. The van der Waals surface area contributed by atoms with E-state index in [0.29, 0.717) is 6.10 Å². The van der Waals surface area contributed by atoms with E-state index in [4.69, 9.17) is 4.74 Å². The molecular formula is C8H11BrN2O. The number of halogens is 1. The van der Waals surface area contributed by atoms with Crippen molar-refractivity contribution < 1.29 is 4.74 Å². The third-order valence-electron chi connectivity index (χ3n) is 2.02. The van der Waals surface area contributed by atoms with Crippen LogP contribution >= 0.6 is 15.9 Å². The van der Waals surface area contributed by atoms with Gasteiger partial charge >= 0.3 is 0 Å². The topological polar surface area (TPSA) is 30.4 Å². The molecule has 1 aliphatic heterocycles. The van der Waals surface area contributed by atoms with Crippen molar-refractivity contribution >= 4 is 15.9 Å². The molecule has 1 fully saturated rings. The minimum atomic E-state index is 0.434. The molecule has 0 spiro atoms. The first-order valence-corrected chi connectivity index (χ1v) is 4.92. The highest BCUT2D eigenvalue weighted by molar-refractivity contribution is 9.10. The molecule has 3 nitrogen and oxygen atoms in total. The second-order valence-electron chi connectivity index (χ2n) is 2.91. The summed E-state index contributed by atoms with van der Waals surface area (Å²) in [6.07, 6.45) is 3.26. The zero-order valence-corrected chi connectivity index (χ0v) is 8.54. The zero-order valence-electron chi connectivity index (χ0n) is 6.96. The molecule has 1 aromatic heterocycles. The van der Waals surface area contributed by atoms with E-state index in [1.165, 1.54) is 5.69 Å². The summed E-state index contributed by atoms with van der Waals surface area (Å²) in [4.78, 5) is 0. The van der Waals surface area contributed by atoms with E-state index < -0.39 is 0 Å². The van der Waals surface area contributed by atoms with Crippen molar-refractivity contribution in [1.29, 1.82) is 0 Å². The molecule has 0 aliphatic carbocycles. The van der Waals surface area contributed by atoms with Gasteiger partial charge in [-0.3, -0.25) is 4.68 Å². The second kappa shape index (κ2) is 3.18. The number of ether oxygens (including phenoxy) is 1. The molecule has 2 heterocycles. The fraction of sp³-hybridized carbons (Fsp3) is 0.625. The number of rotatable bonds is 3. The van der Waals surface area contributed by atoms with Crippen LogP contribution in [0.2, 0.25) is 0 Å². The van der Waals surface area contributed by atoms with Crippen molar-refractivity contribution in [3.05, 3.63) is 16.4 Å². The average Bonchev–Trinajstić information content (AvgIpc) is 2.80.